The van der Waals surface area contributed by atoms with Crippen molar-refractivity contribution in [3.05, 3.63) is 34.4 Å². The van der Waals surface area contributed by atoms with Crippen molar-refractivity contribution in [2.75, 3.05) is 5.43 Å². The molecule has 1 aromatic heterocycles. The van der Waals surface area contributed by atoms with Crippen molar-refractivity contribution in [3.8, 4) is 0 Å². The van der Waals surface area contributed by atoms with Crippen LogP contribution in [0.15, 0.2) is 28.9 Å². The molecule has 72 valence electrons. The van der Waals surface area contributed by atoms with E-state index in [2.05, 4.69) is 26.3 Å². The Bertz CT molecular complexity index is 482. The highest BCUT2D eigenvalue weighted by Gasteiger charge is 2.05. The van der Waals surface area contributed by atoms with Gasteiger partial charge in [0, 0.05) is 16.1 Å². The van der Waals surface area contributed by atoms with Gasteiger partial charge in [-0.15, -0.1) is 0 Å². The lowest BCUT2D eigenvalue weighted by molar-refractivity contribution is 1.32. The molecule has 3 N–H and O–H groups in total. The number of aryl methyl sites for hydroxylation is 1. The number of pyridine rings is 1. The number of anilines is 1. The van der Waals surface area contributed by atoms with E-state index in [0.29, 0.717) is 0 Å². The van der Waals surface area contributed by atoms with E-state index in [0.717, 1.165) is 21.1 Å². The third-order valence-corrected chi connectivity index (χ3v) is 3.20. The van der Waals surface area contributed by atoms with Gasteiger partial charge in [-0.25, -0.2) is 0 Å². The molecule has 0 atom stereocenters. The van der Waals surface area contributed by atoms with Crippen molar-refractivity contribution in [1.29, 1.82) is 0 Å². The number of hydrogen-bond donors (Lipinski definition) is 2. The first-order valence-electron chi connectivity index (χ1n) is 4.24. The summed E-state index contributed by atoms with van der Waals surface area (Å²) in [7, 11) is 0. The number of fused-ring (bicyclic) bond motifs is 1. The van der Waals surface area contributed by atoms with Gasteiger partial charge in [0.05, 0.1) is 11.2 Å². The number of hydrazine groups is 1. The van der Waals surface area contributed by atoms with Gasteiger partial charge in [-0.05, 0) is 34.5 Å². The van der Waals surface area contributed by atoms with Gasteiger partial charge in [0.15, 0.2) is 0 Å². The van der Waals surface area contributed by atoms with Crippen molar-refractivity contribution in [2.24, 2.45) is 5.84 Å². The predicted octanol–water partition coefficient (Wildman–Crippen LogP) is 2.59. The molecule has 0 saturated heterocycles. The summed E-state index contributed by atoms with van der Waals surface area (Å²) in [6, 6.07) is 5.90. The molecule has 2 aromatic rings. The predicted molar refractivity (Wildman–Crippen MR) is 62.0 cm³/mol. The van der Waals surface area contributed by atoms with E-state index < -0.39 is 0 Å². The molecular weight excluding hydrogens is 242 g/mol. The molecule has 3 nitrogen and oxygen atoms in total. The van der Waals surface area contributed by atoms with Gasteiger partial charge in [-0.3, -0.25) is 10.8 Å². The molecule has 1 heterocycles. The average Bonchev–Trinajstić information content (AvgIpc) is 2.23. The number of hydrogen-bond acceptors (Lipinski definition) is 3. The minimum absolute atomic E-state index is 0.885. The van der Waals surface area contributed by atoms with Gasteiger partial charge in [0.2, 0.25) is 0 Å². The Labute approximate surface area is 90.4 Å². The molecule has 0 aliphatic carbocycles. The Kier molecular flexibility index (Phi) is 2.39. The maximum Gasteiger partial charge on any atom is 0.0867 e. The largest absolute Gasteiger partial charge is 0.323 e. The number of nitrogens with zero attached hydrogens (tertiary/aromatic N) is 1. The lowest BCUT2D eigenvalue weighted by Gasteiger charge is -2.07. The Morgan fingerprint density at radius 3 is 2.86 bits per heavy atom. The molecule has 0 amide bonds. The van der Waals surface area contributed by atoms with Crippen LogP contribution in [0, 0.1) is 6.92 Å². The second-order valence-electron chi connectivity index (χ2n) is 3.10. The Morgan fingerprint density at radius 2 is 2.14 bits per heavy atom. The zero-order valence-corrected chi connectivity index (χ0v) is 9.30. The summed E-state index contributed by atoms with van der Waals surface area (Å²) in [6.45, 7) is 2.04. The highest BCUT2D eigenvalue weighted by Crippen LogP contribution is 2.29. The third-order valence-electron chi connectivity index (χ3n) is 2.20. The summed E-state index contributed by atoms with van der Waals surface area (Å²) in [4.78, 5) is 4.31. The first kappa shape index (κ1) is 9.43. The number of nitrogen functional groups attached to an aromatic ring is 1. The number of rotatable bonds is 1. The highest BCUT2D eigenvalue weighted by molar-refractivity contribution is 9.10. The van der Waals surface area contributed by atoms with E-state index in [-0.39, 0.29) is 0 Å². The maximum atomic E-state index is 5.41. The van der Waals surface area contributed by atoms with Crippen LogP contribution >= 0.6 is 15.9 Å². The molecule has 0 unspecified atom stereocenters. The first-order valence-corrected chi connectivity index (χ1v) is 5.04. The summed E-state index contributed by atoms with van der Waals surface area (Å²) < 4.78 is 1.02. The Hall–Kier alpha value is -1.13. The van der Waals surface area contributed by atoms with E-state index in [9.17, 15) is 0 Å². The van der Waals surface area contributed by atoms with Crippen LogP contribution in [0.3, 0.4) is 0 Å². The number of halogens is 1. The molecule has 0 aliphatic rings. The lowest BCUT2D eigenvalue weighted by atomic mass is 10.1. The minimum Gasteiger partial charge on any atom is -0.323 e. The van der Waals surface area contributed by atoms with Crippen LogP contribution in [0.1, 0.15) is 5.56 Å². The van der Waals surface area contributed by atoms with Crippen LogP contribution in [-0.4, -0.2) is 4.98 Å². The van der Waals surface area contributed by atoms with Crippen LogP contribution < -0.4 is 11.3 Å². The summed E-state index contributed by atoms with van der Waals surface area (Å²) in [5.41, 5.74) is 5.64. The monoisotopic (exact) mass is 251 g/mol. The van der Waals surface area contributed by atoms with Crippen molar-refractivity contribution >= 4 is 32.5 Å². The molecule has 0 spiro atoms. The van der Waals surface area contributed by atoms with Crippen molar-refractivity contribution < 1.29 is 0 Å². The zero-order valence-electron chi connectivity index (χ0n) is 7.71. The molecule has 14 heavy (non-hydrogen) atoms. The van der Waals surface area contributed by atoms with Gasteiger partial charge >= 0.3 is 0 Å². The number of nitrogens with one attached hydrogen (secondary N) is 1. The maximum absolute atomic E-state index is 5.41. The topological polar surface area (TPSA) is 50.9 Å². The summed E-state index contributed by atoms with van der Waals surface area (Å²) in [6.07, 6.45) is 1.74. The van der Waals surface area contributed by atoms with Crippen molar-refractivity contribution in [3.63, 3.8) is 0 Å². The van der Waals surface area contributed by atoms with Crippen molar-refractivity contribution in [1.82, 2.24) is 4.98 Å². The Morgan fingerprint density at radius 1 is 1.36 bits per heavy atom. The molecule has 0 radical (unpaired) electrons. The smallest absolute Gasteiger partial charge is 0.0867 e. The molecule has 4 heteroatoms. The average molecular weight is 252 g/mol. The normalized spacial score (nSPS) is 10.5. The fourth-order valence-corrected chi connectivity index (χ4v) is 1.86. The highest BCUT2D eigenvalue weighted by atomic mass is 79.9. The molecule has 1 aromatic carbocycles. The zero-order chi connectivity index (χ0) is 10.1. The van der Waals surface area contributed by atoms with Gasteiger partial charge in [-0.2, -0.15) is 0 Å². The number of benzene rings is 1. The SMILES string of the molecule is Cc1ccc2c(NN)ccnc2c1Br. The van der Waals surface area contributed by atoms with E-state index in [1.807, 2.05) is 25.1 Å². The first-order chi connectivity index (χ1) is 6.74. The van der Waals surface area contributed by atoms with Gasteiger partial charge in [0.1, 0.15) is 0 Å². The van der Waals surface area contributed by atoms with Gasteiger partial charge < -0.3 is 5.43 Å². The second kappa shape index (κ2) is 3.55. The van der Waals surface area contributed by atoms with Crippen molar-refractivity contribution in [2.45, 2.75) is 6.92 Å². The van der Waals surface area contributed by atoms with Crippen LogP contribution in [0.25, 0.3) is 10.9 Å². The van der Waals surface area contributed by atoms with Crippen LogP contribution in [0.2, 0.25) is 0 Å². The van der Waals surface area contributed by atoms with Crippen LogP contribution in [-0.2, 0) is 0 Å². The Balaban J connectivity index is 2.86. The molecule has 0 saturated carbocycles. The van der Waals surface area contributed by atoms with E-state index in [1.165, 1.54) is 5.56 Å². The molecule has 0 fully saturated rings. The fourth-order valence-electron chi connectivity index (χ4n) is 1.41. The summed E-state index contributed by atoms with van der Waals surface area (Å²) >= 11 is 3.51. The second-order valence-corrected chi connectivity index (χ2v) is 3.89. The third kappa shape index (κ3) is 1.36. The standard InChI is InChI=1S/C10H10BrN3/c1-6-2-3-7-8(14-12)4-5-13-10(7)9(6)11/h2-5H,12H2,1H3,(H,13,14). The molecule has 0 aliphatic heterocycles. The quantitative estimate of drug-likeness (QED) is 0.605. The number of aromatic nitrogens is 1. The van der Waals surface area contributed by atoms with E-state index >= 15 is 0 Å². The molecule has 0 bridgehead atoms. The number of nitrogens with two attached hydrogens (primary N) is 1. The van der Waals surface area contributed by atoms with E-state index in [4.69, 9.17) is 5.84 Å². The molecular formula is C10H10BrN3. The minimum atomic E-state index is 0.885. The summed E-state index contributed by atoms with van der Waals surface area (Å²) in [5.74, 6) is 5.41. The lowest BCUT2D eigenvalue weighted by Crippen LogP contribution is -2.07. The van der Waals surface area contributed by atoms with Gasteiger partial charge in [-0.1, -0.05) is 12.1 Å². The fraction of sp³-hybridized carbons (Fsp3) is 0.100. The van der Waals surface area contributed by atoms with Crippen LogP contribution in [0.5, 0.6) is 0 Å². The van der Waals surface area contributed by atoms with Gasteiger partial charge in [0.25, 0.3) is 0 Å². The summed E-state index contributed by atoms with van der Waals surface area (Å²) in [5, 5.41) is 1.02. The van der Waals surface area contributed by atoms with Crippen LogP contribution in [0.4, 0.5) is 5.69 Å². The molecule has 2 rings (SSSR count). The van der Waals surface area contributed by atoms with E-state index in [1.54, 1.807) is 6.20 Å².